The third-order valence-electron chi connectivity index (χ3n) is 3.77. The number of benzene rings is 3. The van der Waals surface area contributed by atoms with Crippen molar-refractivity contribution in [1.82, 2.24) is 0 Å². The van der Waals surface area contributed by atoms with Crippen molar-refractivity contribution in [1.29, 1.82) is 0 Å². The van der Waals surface area contributed by atoms with E-state index in [-0.39, 0.29) is 52.0 Å². The second-order valence-electron chi connectivity index (χ2n) is 5.57. The molecule has 0 aliphatic carbocycles. The fourth-order valence-corrected chi connectivity index (χ4v) is 3.19. The van der Waals surface area contributed by atoms with Crippen LogP contribution in [0.3, 0.4) is 0 Å². The summed E-state index contributed by atoms with van der Waals surface area (Å²) in [5.74, 6) is 0. The van der Waals surface area contributed by atoms with Gasteiger partial charge in [-0.15, -0.1) is 5.11 Å². The van der Waals surface area contributed by atoms with Crippen molar-refractivity contribution in [2.75, 3.05) is 5.73 Å². The smallest absolute Gasteiger partial charge is 0.396 e. The van der Waals surface area contributed by atoms with Gasteiger partial charge in [0.2, 0.25) is 0 Å². The minimum atomic E-state index is -4.56. The second kappa shape index (κ2) is 8.18. The first-order valence-electron chi connectivity index (χ1n) is 7.45. The molecular formula is C17H12F3N3NaO3S. The van der Waals surface area contributed by atoms with Gasteiger partial charge in [-0.05, 0) is 30.3 Å². The minimum absolute atomic E-state index is 0. The number of alkyl halides is 3. The van der Waals surface area contributed by atoms with Crippen LogP contribution >= 0.6 is 0 Å². The maximum absolute atomic E-state index is 12.6. The van der Waals surface area contributed by atoms with Gasteiger partial charge >= 0.3 is 6.18 Å². The monoisotopic (exact) mass is 418 g/mol. The number of fused-ring (bicyclic) bond motifs is 1. The molecule has 0 aliphatic rings. The van der Waals surface area contributed by atoms with Crippen LogP contribution in [0.4, 0.5) is 30.2 Å². The molecule has 0 amide bonds. The number of nitrogens with two attached hydrogens (primary N) is 1. The minimum Gasteiger partial charge on any atom is -0.396 e. The van der Waals surface area contributed by atoms with Crippen LogP contribution < -0.4 is 5.73 Å². The summed E-state index contributed by atoms with van der Waals surface area (Å²) in [7, 11) is -4.56. The molecule has 0 aliphatic heterocycles. The van der Waals surface area contributed by atoms with E-state index in [9.17, 15) is 26.1 Å². The van der Waals surface area contributed by atoms with Gasteiger partial charge in [-0.2, -0.15) is 26.7 Å². The van der Waals surface area contributed by atoms with Crippen molar-refractivity contribution in [2.45, 2.75) is 11.1 Å². The molecule has 0 spiro atoms. The van der Waals surface area contributed by atoms with Gasteiger partial charge < -0.3 is 5.73 Å². The molecule has 0 atom stereocenters. The van der Waals surface area contributed by atoms with Gasteiger partial charge in [-0.3, -0.25) is 4.55 Å². The largest absolute Gasteiger partial charge is 0.416 e. The summed E-state index contributed by atoms with van der Waals surface area (Å²) in [5, 5.41) is 8.18. The maximum atomic E-state index is 12.6. The van der Waals surface area contributed by atoms with Gasteiger partial charge in [-0.25, -0.2) is 0 Å². The Hall–Kier alpha value is -1.98. The Labute approximate surface area is 180 Å². The Morgan fingerprint density at radius 3 is 2.04 bits per heavy atom. The Bertz CT molecular complexity index is 1150. The van der Waals surface area contributed by atoms with Crippen molar-refractivity contribution < 1.29 is 26.1 Å². The summed E-state index contributed by atoms with van der Waals surface area (Å²) in [4.78, 5) is -0.395. The molecular weight excluding hydrogens is 406 g/mol. The van der Waals surface area contributed by atoms with Crippen LogP contribution in [0, 0.1) is 0 Å². The predicted molar refractivity (Wildman–Crippen MR) is 99.5 cm³/mol. The zero-order valence-electron chi connectivity index (χ0n) is 14.5. The number of nitrogens with zero attached hydrogens (tertiary/aromatic N) is 2. The van der Waals surface area contributed by atoms with Crippen LogP contribution in [0.25, 0.3) is 10.8 Å². The molecule has 0 saturated carbocycles. The third-order valence-corrected chi connectivity index (χ3v) is 4.67. The summed E-state index contributed by atoms with van der Waals surface area (Å²) in [6, 6.07) is 11.2. The SMILES string of the molecule is Nc1c(N=Nc2ccc(C(F)(F)F)cc2)cc(S(=O)(=O)O)c2ccccc12.[Na]. The molecule has 3 N–H and O–H groups in total. The van der Waals surface area contributed by atoms with E-state index in [1.54, 1.807) is 18.2 Å². The number of halogens is 3. The molecule has 0 unspecified atom stereocenters. The van der Waals surface area contributed by atoms with E-state index >= 15 is 0 Å². The molecule has 1 radical (unpaired) electrons. The van der Waals surface area contributed by atoms with E-state index < -0.39 is 26.8 Å². The van der Waals surface area contributed by atoms with Gasteiger partial charge in [0.05, 0.1) is 16.9 Å². The van der Waals surface area contributed by atoms with Crippen LogP contribution in [0.15, 0.2) is 69.7 Å². The molecule has 3 aromatic carbocycles. The van der Waals surface area contributed by atoms with Gasteiger partial charge in [0.1, 0.15) is 10.6 Å². The molecule has 3 aromatic rings. The van der Waals surface area contributed by atoms with Crippen LogP contribution in [0.5, 0.6) is 0 Å². The molecule has 3 rings (SSSR count). The van der Waals surface area contributed by atoms with Crippen molar-refractivity contribution in [3.8, 4) is 0 Å². The number of azo groups is 1. The average Bonchev–Trinajstić information content (AvgIpc) is 2.60. The van der Waals surface area contributed by atoms with E-state index in [0.29, 0.717) is 5.39 Å². The van der Waals surface area contributed by atoms with Crippen LogP contribution in [-0.4, -0.2) is 42.5 Å². The van der Waals surface area contributed by atoms with Crippen molar-refractivity contribution in [3.05, 3.63) is 60.2 Å². The van der Waals surface area contributed by atoms with Crippen molar-refractivity contribution in [2.24, 2.45) is 10.2 Å². The molecule has 141 valence electrons. The fraction of sp³-hybridized carbons (Fsp3) is 0.0588. The van der Waals surface area contributed by atoms with Crippen LogP contribution in [0.1, 0.15) is 5.56 Å². The molecule has 0 saturated heterocycles. The van der Waals surface area contributed by atoms with E-state index in [0.717, 1.165) is 30.3 Å². The van der Waals surface area contributed by atoms with Crippen molar-refractivity contribution in [3.63, 3.8) is 0 Å². The average molecular weight is 418 g/mol. The Kier molecular flexibility index (Phi) is 6.51. The number of nitrogen functional groups attached to an aromatic ring is 1. The second-order valence-corrected chi connectivity index (χ2v) is 6.96. The zero-order chi connectivity index (χ0) is 19.8. The topological polar surface area (TPSA) is 105 Å². The maximum Gasteiger partial charge on any atom is 0.416 e. The molecule has 0 fully saturated rings. The van der Waals surface area contributed by atoms with Crippen LogP contribution in [0.2, 0.25) is 0 Å². The number of hydrogen-bond acceptors (Lipinski definition) is 5. The summed E-state index contributed by atoms with van der Waals surface area (Å²) in [6.07, 6.45) is -4.47. The Morgan fingerprint density at radius 1 is 0.929 bits per heavy atom. The standard InChI is InChI=1S/C17H12F3N3O3S.Na/c18-17(19,20)10-5-7-11(8-6-10)22-23-14-9-15(27(24,25)26)12-3-1-2-4-13(12)16(14)21;/h1-9H,21H2,(H,24,25,26);. The molecule has 6 nitrogen and oxygen atoms in total. The first-order chi connectivity index (χ1) is 12.6. The number of anilines is 1. The van der Waals surface area contributed by atoms with Gasteiger partial charge in [0.25, 0.3) is 10.1 Å². The van der Waals surface area contributed by atoms with Crippen molar-refractivity contribution >= 4 is 67.5 Å². The van der Waals surface area contributed by atoms with E-state index in [1.165, 1.54) is 6.07 Å². The Morgan fingerprint density at radius 2 is 1.50 bits per heavy atom. The summed E-state index contributed by atoms with van der Waals surface area (Å²) in [6.45, 7) is 0. The first-order valence-corrected chi connectivity index (χ1v) is 8.89. The fourth-order valence-electron chi connectivity index (χ4n) is 2.48. The Balaban J connectivity index is 0.00000280. The van der Waals surface area contributed by atoms with E-state index in [2.05, 4.69) is 10.2 Å². The zero-order valence-corrected chi connectivity index (χ0v) is 17.3. The first kappa shape index (κ1) is 22.3. The van der Waals surface area contributed by atoms with E-state index in [1.807, 2.05) is 0 Å². The normalized spacial score (nSPS) is 12.3. The molecule has 28 heavy (non-hydrogen) atoms. The number of rotatable bonds is 3. The van der Waals surface area contributed by atoms with Gasteiger partial charge in [0.15, 0.2) is 0 Å². The molecule has 0 aromatic heterocycles. The third kappa shape index (κ3) is 4.70. The van der Waals surface area contributed by atoms with Crippen LogP contribution in [-0.2, 0) is 16.3 Å². The van der Waals surface area contributed by atoms with E-state index in [4.69, 9.17) is 5.73 Å². The molecule has 11 heteroatoms. The quantitative estimate of drug-likeness (QED) is 0.278. The number of hydrogen-bond donors (Lipinski definition) is 2. The summed E-state index contributed by atoms with van der Waals surface area (Å²) >= 11 is 0. The summed E-state index contributed by atoms with van der Waals surface area (Å²) in [5.41, 5.74) is 5.36. The predicted octanol–water partition coefficient (Wildman–Crippen LogP) is 4.72. The molecule has 0 heterocycles. The molecule has 0 bridgehead atoms. The summed E-state index contributed by atoms with van der Waals surface area (Å²) < 4.78 is 70.5. The van der Waals surface area contributed by atoms with Gasteiger partial charge in [0, 0.05) is 40.3 Å². The van der Waals surface area contributed by atoms with Gasteiger partial charge in [-0.1, -0.05) is 24.3 Å².